The molecule has 1 saturated heterocycles. The van der Waals surface area contributed by atoms with E-state index in [2.05, 4.69) is 0 Å². The zero-order valence-electron chi connectivity index (χ0n) is 9.23. The molecule has 88 valence electrons. The molecule has 4 nitrogen and oxygen atoms in total. The van der Waals surface area contributed by atoms with Gasteiger partial charge in [0.05, 0.1) is 12.6 Å². The number of amides is 1. The van der Waals surface area contributed by atoms with E-state index in [1.807, 2.05) is 13.8 Å². The fourth-order valence-electron chi connectivity index (χ4n) is 1.52. The summed E-state index contributed by atoms with van der Waals surface area (Å²) in [6, 6.07) is -0.471. The third-order valence-corrected chi connectivity index (χ3v) is 2.57. The van der Waals surface area contributed by atoms with Crippen molar-refractivity contribution >= 4 is 24.1 Å². The van der Waals surface area contributed by atoms with Gasteiger partial charge in [0.1, 0.15) is 0 Å². The zero-order valence-corrected chi connectivity index (χ0v) is 10.0. The first-order chi connectivity index (χ1) is 6.52. The van der Waals surface area contributed by atoms with Crippen LogP contribution in [0.25, 0.3) is 0 Å². The number of halogens is 1. The van der Waals surface area contributed by atoms with Crippen molar-refractivity contribution in [1.82, 2.24) is 4.90 Å². The molecule has 1 fully saturated rings. The summed E-state index contributed by atoms with van der Waals surface area (Å²) >= 11 is 0. The molecule has 0 unspecified atom stereocenters. The Bertz CT molecular complexity index is 244. The number of carbonyl (C=O) groups is 2. The quantitative estimate of drug-likeness (QED) is 0.761. The van der Waals surface area contributed by atoms with Gasteiger partial charge in [0.2, 0.25) is 5.91 Å². The highest BCUT2D eigenvalue weighted by Gasteiger charge is 2.27. The lowest BCUT2D eigenvalue weighted by molar-refractivity contribution is -0.139. The van der Waals surface area contributed by atoms with Crippen LogP contribution in [-0.4, -0.2) is 35.7 Å². The van der Waals surface area contributed by atoms with Crippen molar-refractivity contribution < 1.29 is 9.59 Å². The molecule has 0 aromatic heterocycles. The van der Waals surface area contributed by atoms with Crippen molar-refractivity contribution in [3.8, 4) is 0 Å². The van der Waals surface area contributed by atoms with Crippen LogP contribution in [0, 0.1) is 5.92 Å². The van der Waals surface area contributed by atoms with Gasteiger partial charge in [-0.15, -0.1) is 12.4 Å². The topological polar surface area (TPSA) is 63.4 Å². The van der Waals surface area contributed by atoms with Crippen LogP contribution in [0.3, 0.4) is 0 Å². The first-order valence-corrected chi connectivity index (χ1v) is 5.08. The summed E-state index contributed by atoms with van der Waals surface area (Å²) < 4.78 is 0. The molecule has 0 bridgehead atoms. The lowest BCUT2D eigenvalue weighted by atomic mass is 10.0. The Kier molecular flexibility index (Phi) is 5.83. The highest BCUT2D eigenvalue weighted by Crippen LogP contribution is 2.09. The summed E-state index contributed by atoms with van der Waals surface area (Å²) in [7, 11) is 0. The minimum Gasteiger partial charge on any atom is -0.334 e. The minimum atomic E-state index is -0.471. The van der Waals surface area contributed by atoms with Crippen LogP contribution in [0.2, 0.25) is 0 Å². The van der Waals surface area contributed by atoms with Gasteiger partial charge in [-0.05, 0) is 12.3 Å². The highest BCUT2D eigenvalue weighted by atomic mass is 35.5. The molecule has 1 heterocycles. The highest BCUT2D eigenvalue weighted by molar-refractivity contribution is 5.89. The second-order valence-electron chi connectivity index (χ2n) is 4.17. The van der Waals surface area contributed by atoms with Gasteiger partial charge < -0.3 is 10.6 Å². The SMILES string of the molecule is CC(C)[C@H](N)C(=O)N1CCCC(=O)C1.Cl. The summed E-state index contributed by atoms with van der Waals surface area (Å²) in [6.45, 7) is 4.74. The van der Waals surface area contributed by atoms with Gasteiger partial charge in [0.25, 0.3) is 0 Å². The molecule has 0 aromatic rings. The lowest BCUT2D eigenvalue weighted by Crippen LogP contribution is -2.50. The number of hydrogen-bond donors (Lipinski definition) is 1. The van der Waals surface area contributed by atoms with Gasteiger partial charge in [0, 0.05) is 13.0 Å². The second-order valence-corrected chi connectivity index (χ2v) is 4.17. The van der Waals surface area contributed by atoms with E-state index in [1.165, 1.54) is 0 Å². The molecular weight excluding hydrogens is 216 g/mol. The largest absolute Gasteiger partial charge is 0.334 e. The normalized spacial score (nSPS) is 18.7. The van der Waals surface area contributed by atoms with Gasteiger partial charge in [-0.2, -0.15) is 0 Å². The molecule has 1 atom stereocenters. The maximum absolute atomic E-state index is 11.7. The number of Topliss-reactive ketones (excluding diaryl/α,β-unsaturated/α-hetero) is 1. The number of ketones is 1. The Morgan fingerprint density at radius 2 is 2.07 bits per heavy atom. The van der Waals surface area contributed by atoms with Crippen LogP contribution in [0.1, 0.15) is 26.7 Å². The van der Waals surface area contributed by atoms with E-state index in [0.717, 1.165) is 6.42 Å². The molecular formula is C10H19ClN2O2. The maximum Gasteiger partial charge on any atom is 0.240 e. The number of nitrogens with two attached hydrogens (primary N) is 1. The molecule has 0 aliphatic carbocycles. The molecule has 1 amide bonds. The lowest BCUT2D eigenvalue weighted by Gasteiger charge is -2.29. The smallest absolute Gasteiger partial charge is 0.240 e. The Hall–Kier alpha value is -0.610. The number of likely N-dealkylation sites (tertiary alicyclic amines) is 1. The minimum absolute atomic E-state index is 0. The fraction of sp³-hybridized carbons (Fsp3) is 0.800. The first-order valence-electron chi connectivity index (χ1n) is 5.08. The average molecular weight is 235 g/mol. The Morgan fingerprint density at radius 1 is 1.47 bits per heavy atom. The molecule has 2 N–H and O–H groups in total. The van der Waals surface area contributed by atoms with Gasteiger partial charge >= 0.3 is 0 Å². The van der Waals surface area contributed by atoms with Crippen LogP contribution in [0.5, 0.6) is 0 Å². The van der Waals surface area contributed by atoms with Crippen LogP contribution in [0.4, 0.5) is 0 Å². The van der Waals surface area contributed by atoms with E-state index in [9.17, 15) is 9.59 Å². The first kappa shape index (κ1) is 14.4. The van der Waals surface area contributed by atoms with E-state index in [0.29, 0.717) is 13.0 Å². The summed E-state index contributed by atoms with van der Waals surface area (Å²) in [5, 5.41) is 0. The van der Waals surface area contributed by atoms with Crippen molar-refractivity contribution in [3.05, 3.63) is 0 Å². The van der Waals surface area contributed by atoms with Crippen molar-refractivity contribution in [2.75, 3.05) is 13.1 Å². The van der Waals surface area contributed by atoms with Crippen LogP contribution in [0.15, 0.2) is 0 Å². The second kappa shape index (κ2) is 6.08. The van der Waals surface area contributed by atoms with Gasteiger partial charge in [-0.25, -0.2) is 0 Å². The van der Waals surface area contributed by atoms with Crippen LogP contribution in [-0.2, 0) is 9.59 Å². The predicted molar refractivity (Wildman–Crippen MR) is 60.9 cm³/mol. The van der Waals surface area contributed by atoms with E-state index in [1.54, 1.807) is 4.90 Å². The standard InChI is InChI=1S/C10H18N2O2.ClH/c1-7(2)9(11)10(14)12-5-3-4-8(13)6-12;/h7,9H,3-6,11H2,1-2H3;1H/t9-;/m0./s1. The molecule has 5 heteroatoms. The molecule has 15 heavy (non-hydrogen) atoms. The van der Waals surface area contributed by atoms with E-state index in [-0.39, 0.29) is 36.6 Å². The zero-order chi connectivity index (χ0) is 10.7. The molecule has 0 spiro atoms. The van der Waals surface area contributed by atoms with Crippen molar-refractivity contribution in [2.45, 2.75) is 32.7 Å². The monoisotopic (exact) mass is 234 g/mol. The van der Waals surface area contributed by atoms with E-state index in [4.69, 9.17) is 5.73 Å². The summed E-state index contributed by atoms with van der Waals surface area (Å²) in [6.07, 6.45) is 1.37. The van der Waals surface area contributed by atoms with Gasteiger partial charge in [-0.3, -0.25) is 9.59 Å². The molecule has 0 aromatic carbocycles. The molecule has 0 saturated carbocycles. The molecule has 1 aliphatic heterocycles. The maximum atomic E-state index is 11.7. The number of rotatable bonds is 2. The molecule has 1 rings (SSSR count). The predicted octanol–water partition coefficient (Wildman–Crippen LogP) is 0.583. The average Bonchev–Trinajstić information content (AvgIpc) is 2.15. The molecule has 0 radical (unpaired) electrons. The Balaban J connectivity index is 0.00000196. The number of piperidine rings is 1. The van der Waals surface area contributed by atoms with Gasteiger partial charge in [0.15, 0.2) is 5.78 Å². The molecule has 1 aliphatic rings. The van der Waals surface area contributed by atoms with Crippen molar-refractivity contribution in [2.24, 2.45) is 11.7 Å². The number of hydrogen-bond acceptors (Lipinski definition) is 3. The number of carbonyl (C=O) groups excluding carboxylic acids is 2. The Morgan fingerprint density at radius 3 is 2.53 bits per heavy atom. The third kappa shape index (κ3) is 3.80. The number of nitrogens with zero attached hydrogens (tertiary/aromatic N) is 1. The summed E-state index contributed by atoms with van der Waals surface area (Å²) in [4.78, 5) is 24.4. The van der Waals surface area contributed by atoms with Crippen LogP contribution < -0.4 is 5.73 Å². The van der Waals surface area contributed by atoms with Crippen molar-refractivity contribution in [1.29, 1.82) is 0 Å². The Labute approximate surface area is 96.6 Å². The van der Waals surface area contributed by atoms with Gasteiger partial charge in [-0.1, -0.05) is 13.8 Å². The van der Waals surface area contributed by atoms with E-state index < -0.39 is 6.04 Å². The fourth-order valence-corrected chi connectivity index (χ4v) is 1.52. The van der Waals surface area contributed by atoms with Crippen molar-refractivity contribution in [3.63, 3.8) is 0 Å². The summed E-state index contributed by atoms with van der Waals surface area (Å²) in [5.74, 6) is 0.174. The van der Waals surface area contributed by atoms with E-state index >= 15 is 0 Å². The third-order valence-electron chi connectivity index (χ3n) is 2.57. The summed E-state index contributed by atoms with van der Waals surface area (Å²) in [5.41, 5.74) is 5.73. The van der Waals surface area contributed by atoms with Crippen LogP contribution >= 0.6 is 12.4 Å².